The summed E-state index contributed by atoms with van der Waals surface area (Å²) < 4.78 is 0. The predicted molar refractivity (Wildman–Crippen MR) is 114 cm³/mol. The average Bonchev–Trinajstić information content (AvgIpc) is 2.67. The van der Waals surface area contributed by atoms with Crippen molar-refractivity contribution >= 4 is 17.3 Å². The van der Waals surface area contributed by atoms with Gasteiger partial charge in [0.15, 0.2) is 0 Å². The minimum absolute atomic E-state index is 0.0916. The Morgan fingerprint density at radius 1 is 0.929 bits per heavy atom. The van der Waals surface area contributed by atoms with E-state index in [2.05, 4.69) is 12.2 Å². The Morgan fingerprint density at radius 3 is 1.93 bits per heavy atom. The smallest absolute Gasteiger partial charge is 0.271 e. The third-order valence-corrected chi connectivity index (χ3v) is 4.97. The molecule has 0 spiro atoms. The highest BCUT2D eigenvalue weighted by molar-refractivity contribution is 5.92. The van der Waals surface area contributed by atoms with Crippen LogP contribution in [0.3, 0.4) is 0 Å². The molecule has 0 fully saturated rings. The molecule has 6 heteroatoms. The zero-order valence-electron chi connectivity index (χ0n) is 17.3. The fraction of sp³-hybridized carbons (Fsp3) is 0.682. The molecule has 1 rings (SSSR count). The highest BCUT2D eigenvalue weighted by Gasteiger charge is 2.12. The van der Waals surface area contributed by atoms with Crippen molar-refractivity contribution in [2.75, 3.05) is 5.32 Å². The van der Waals surface area contributed by atoms with Gasteiger partial charge in [0.1, 0.15) is 5.75 Å². The van der Waals surface area contributed by atoms with Crippen molar-refractivity contribution in [1.29, 1.82) is 0 Å². The van der Waals surface area contributed by atoms with E-state index in [1.807, 2.05) is 0 Å². The van der Waals surface area contributed by atoms with Crippen LogP contribution in [0.4, 0.5) is 11.4 Å². The summed E-state index contributed by atoms with van der Waals surface area (Å²) in [6, 6.07) is 3.60. The number of nitrogens with zero attached hydrogens (tertiary/aromatic N) is 1. The second-order valence-corrected chi connectivity index (χ2v) is 7.50. The number of carbonyl (C=O) groups is 1. The van der Waals surface area contributed by atoms with Gasteiger partial charge in [0.05, 0.1) is 10.6 Å². The molecule has 1 amide bonds. The first-order valence-electron chi connectivity index (χ1n) is 10.8. The molecule has 158 valence electrons. The highest BCUT2D eigenvalue weighted by Crippen LogP contribution is 2.28. The van der Waals surface area contributed by atoms with E-state index < -0.39 is 4.92 Å². The summed E-state index contributed by atoms with van der Waals surface area (Å²) in [5, 5.41) is 23.0. The third-order valence-electron chi connectivity index (χ3n) is 4.97. The molecular weight excluding hydrogens is 356 g/mol. The normalized spacial score (nSPS) is 10.8. The lowest BCUT2D eigenvalue weighted by atomic mass is 10.0. The van der Waals surface area contributed by atoms with Gasteiger partial charge >= 0.3 is 0 Å². The highest BCUT2D eigenvalue weighted by atomic mass is 16.6. The number of hydrogen-bond donors (Lipinski definition) is 2. The molecule has 1 aromatic carbocycles. The Kier molecular flexibility index (Phi) is 12.7. The molecule has 0 saturated heterocycles. The van der Waals surface area contributed by atoms with Crippen LogP contribution in [0.1, 0.15) is 96.8 Å². The van der Waals surface area contributed by atoms with E-state index in [1.165, 1.54) is 82.4 Å². The van der Waals surface area contributed by atoms with Crippen LogP contribution < -0.4 is 5.32 Å². The summed E-state index contributed by atoms with van der Waals surface area (Å²) in [5.41, 5.74) is -0.0667. The number of rotatable bonds is 16. The number of hydrogen-bond acceptors (Lipinski definition) is 4. The first-order chi connectivity index (χ1) is 13.5. The number of phenols is 1. The number of nitro groups is 1. The summed E-state index contributed by atoms with van der Waals surface area (Å²) in [6.45, 7) is 2.24. The minimum atomic E-state index is -0.554. The molecule has 0 radical (unpaired) electrons. The summed E-state index contributed by atoms with van der Waals surface area (Å²) in [5.74, 6) is -0.386. The fourth-order valence-electron chi connectivity index (χ4n) is 3.25. The van der Waals surface area contributed by atoms with E-state index in [9.17, 15) is 20.0 Å². The molecule has 6 nitrogen and oxygen atoms in total. The van der Waals surface area contributed by atoms with E-state index in [-0.39, 0.29) is 23.0 Å². The SMILES string of the molecule is CCCCCCCCCCCCCCCC(=O)Nc1cc([N+](=O)[O-])ccc1O. The van der Waals surface area contributed by atoms with Gasteiger partial charge in [-0.15, -0.1) is 0 Å². The monoisotopic (exact) mass is 392 g/mol. The Labute approximate surface area is 168 Å². The summed E-state index contributed by atoms with van der Waals surface area (Å²) in [6.07, 6.45) is 16.6. The molecule has 0 unspecified atom stereocenters. The van der Waals surface area contributed by atoms with Gasteiger partial charge in [-0.05, 0) is 12.5 Å². The van der Waals surface area contributed by atoms with Crippen molar-refractivity contribution in [3.63, 3.8) is 0 Å². The molecule has 0 bridgehead atoms. The van der Waals surface area contributed by atoms with Crippen molar-refractivity contribution in [1.82, 2.24) is 0 Å². The van der Waals surface area contributed by atoms with Gasteiger partial charge in [-0.3, -0.25) is 14.9 Å². The van der Waals surface area contributed by atoms with Crippen LogP contribution in [0.2, 0.25) is 0 Å². The molecule has 28 heavy (non-hydrogen) atoms. The van der Waals surface area contributed by atoms with Crippen molar-refractivity contribution in [2.24, 2.45) is 0 Å². The molecule has 0 atom stereocenters. The first-order valence-corrected chi connectivity index (χ1v) is 10.8. The minimum Gasteiger partial charge on any atom is -0.506 e. The van der Waals surface area contributed by atoms with E-state index >= 15 is 0 Å². The maximum atomic E-state index is 12.0. The van der Waals surface area contributed by atoms with Gasteiger partial charge in [-0.25, -0.2) is 0 Å². The van der Waals surface area contributed by atoms with Gasteiger partial charge in [0, 0.05) is 18.6 Å². The Morgan fingerprint density at radius 2 is 1.43 bits per heavy atom. The molecule has 0 aliphatic rings. The Bertz CT molecular complexity index is 590. The van der Waals surface area contributed by atoms with E-state index in [4.69, 9.17) is 0 Å². The van der Waals surface area contributed by atoms with Gasteiger partial charge in [-0.2, -0.15) is 0 Å². The molecule has 0 heterocycles. The van der Waals surface area contributed by atoms with E-state index in [0.717, 1.165) is 19.3 Å². The summed E-state index contributed by atoms with van der Waals surface area (Å²) >= 11 is 0. The molecule has 0 aliphatic carbocycles. The predicted octanol–water partition coefficient (Wildman–Crippen LogP) is 6.72. The second-order valence-electron chi connectivity index (χ2n) is 7.50. The molecule has 0 saturated carbocycles. The Balaban J connectivity index is 2.03. The third kappa shape index (κ3) is 10.9. The number of amides is 1. The first kappa shape index (κ1) is 23.9. The number of unbranched alkanes of at least 4 members (excludes halogenated alkanes) is 12. The zero-order chi connectivity index (χ0) is 20.6. The van der Waals surface area contributed by atoms with Crippen LogP contribution in [0.5, 0.6) is 5.75 Å². The molecule has 0 aromatic heterocycles. The fourth-order valence-corrected chi connectivity index (χ4v) is 3.25. The largest absolute Gasteiger partial charge is 0.506 e. The molecular formula is C22H36N2O4. The standard InChI is InChI=1S/C22H36N2O4/c1-2-3-4-5-6-7-8-9-10-11-12-13-14-15-22(26)23-20-18-19(24(27)28)16-17-21(20)25/h16-18,25H,2-15H2,1H3,(H,23,26). The van der Waals surface area contributed by atoms with Crippen molar-refractivity contribution < 1.29 is 14.8 Å². The lowest BCUT2D eigenvalue weighted by molar-refractivity contribution is -0.384. The van der Waals surface area contributed by atoms with Gasteiger partial charge in [0.2, 0.25) is 5.91 Å². The molecule has 0 aliphatic heterocycles. The van der Waals surface area contributed by atoms with Crippen LogP contribution in [0.15, 0.2) is 18.2 Å². The number of non-ortho nitro benzene ring substituents is 1. The van der Waals surface area contributed by atoms with E-state index in [1.54, 1.807) is 0 Å². The maximum absolute atomic E-state index is 12.0. The second kappa shape index (κ2) is 14.9. The van der Waals surface area contributed by atoms with Crippen LogP contribution in [0.25, 0.3) is 0 Å². The van der Waals surface area contributed by atoms with Gasteiger partial charge in [-0.1, -0.05) is 84.0 Å². The van der Waals surface area contributed by atoms with Crippen molar-refractivity contribution in [2.45, 2.75) is 96.8 Å². The van der Waals surface area contributed by atoms with Gasteiger partial charge in [0.25, 0.3) is 5.69 Å². The van der Waals surface area contributed by atoms with Crippen LogP contribution in [-0.4, -0.2) is 15.9 Å². The number of carbonyl (C=O) groups excluding carboxylic acids is 1. The topological polar surface area (TPSA) is 92.5 Å². The summed E-state index contributed by atoms with van der Waals surface area (Å²) in [4.78, 5) is 22.2. The zero-order valence-corrected chi connectivity index (χ0v) is 17.3. The number of benzene rings is 1. The summed E-state index contributed by atoms with van der Waals surface area (Å²) in [7, 11) is 0. The number of anilines is 1. The molecule has 2 N–H and O–H groups in total. The number of nitrogens with one attached hydrogen (secondary N) is 1. The van der Waals surface area contributed by atoms with E-state index in [0.29, 0.717) is 6.42 Å². The van der Waals surface area contributed by atoms with Crippen molar-refractivity contribution in [3.8, 4) is 5.75 Å². The van der Waals surface area contributed by atoms with Crippen LogP contribution in [-0.2, 0) is 4.79 Å². The van der Waals surface area contributed by atoms with Crippen molar-refractivity contribution in [3.05, 3.63) is 28.3 Å². The lowest BCUT2D eigenvalue weighted by Crippen LogP contribution is -2.11. The lowest BCUT2D eigenvalue weighted by Gasteiger charge is -2.07. The average molecular weight is 393 g/mol. The number of nitro benzene ring substituents is 1. The number of phenolic OH excluding ortho intramolecular Hbond substituents is 1. The maximum Gasteiger partial charge on any atom is 0.271 e. The number of aromatic hydroxyl groups is 1. The van der Waals surface area contributed by atoms with Crippen LogP contribution in [0, 0.1) is 10.1 Å². The Hall–Kier alpha value is -2.11. The quantitative estimate of drug-likeness (QED) is 0.141. The van der Waals surface area contributed by atoms with Gasteiger partial charge < -0.3 is 10.4 Å². The molecule has 1 aromatic rings. The van der Waals surface area contributed by atoms with Crippen LogP contribution >= 0.6 is 0 Å².